The predicted octanol–water partition coefficient (Wildman–Crippen LogP) is 12.5. The van der Waals surface area contributed by atoms with Crippen molar-refractivity contribution in [3.63, 3.8) is 0 Å². The van der Waals surface area contributed by atoms with E-state index in [1.807, 2.05) is 0 Å². The molecule has 0 heterocycles. The highest BCUT2D eigenvalue weighted by Crippen LogP contribution is 2.49. The lowest BCUT2D eigenvalue weighted by molar-refractivity contribution is 1.65. The molecule has 0 amide bonds. The SMILES string of the molecule is c1ccc2cc(-c3c4ccccc4c(-c4c(-c5cccc6ccccc56)ccc5ccccc45)c4ccccc34)ccc2c1. The molecule has 0 spiro atoms. The summed E-state index contributed by atoms with van der Waals surface area (Å²) in [6, 6.07) is 62.4. The molecule has 9 rings (SSSR count). The normalized spacial score (nSPS) is 11.6. The Morgan fingerprint density at radius 3 is 1.39 bits per heavy atom. The van der Waals surface area contributed by atoms with Gasteiger partial charge in [-0.25, -0.2) is 0 Å². The molecule has 0 saturated heterocycles. The standard InChI is InChI=1S/C44H28/c1-2-15-32-28-33(25-24-29(32)12-1)42-37-19-7-9-21-39(37)44(40-22-10-8-20-38(40)42)43-35-18-6-4-14-31(35)26-27-41(43)36-23-11-16-30-13-3-5-17-34(30)36/h1-28H. The van der Waals surface area contributed by atoms with E-state index in [0.29, 0.717) is 0 Å². The lowest BCUT2D eigenvalue weighted by Gasteiger charge is -2.22. The molecular weight excluding hydrogens is 528 g/mol. The highest BCUT2D eigenvalue weighted by atomic mass is 14.2. The first-order valence-electron chi connectivity index (χ1n) is 15.3. The van der Waals surface area contributed by atoms with Crippen LogP contribution in [0, 0.1) is 0 Å². The summed E-state index contributed by atoms with van der Waals surface area (Å²) in [6.07, 6.45) is 0. The van der Waals surface area contributed by atoms with Gasteiger partial charge in [0.15, 0.2) is 0 Å². The molecule has 9 aromatic carbocycles. The van der Waals surface area contributed by atoms with E-state index >= 15 is 0 Å². The zero-order valence-electron chi connectivity index (χ0n) is 24.2. The van der Waals surface area contributed by atoms with Gasteiger partial charge in [-0.3, -0.25) is 0 Å². The van der Waals surface area contributed by atoms with Crippen molar-refractivity contribution in [1.29, 1.82) is 0 Å². The second-order valence-electron chi connectivity index (χ2n) is 11.6. The van der Waals surface area contributed by atoms with Gasteiger partial charge in [-0.1, -0.05) is 164 Å². The Hall–Kier alpha value is -5.72. The maximum atomic E-state index is 2.35. The van der Waals surface area contributed by atoms with E-state index in [9.17, 15) is 0 Å². The van der Waals surface area contributed by atoms with Crippen LogP contribution in [0.4, 0.5) is 0 Å². The molecule has 0 fully saturated rings. The summed E-state index contributed by atoms with van der Waals surface area (Å²) in [7, 11) is 0. The van der Waals surface area contributed by atoms with E-state index in [0.717, 1.165) is 0 Å². The van der Waals surface area contributed by atoms with Crippen LogP contribution in [-0.4, -0.2) is 0 Å². The van der Waals surface area contributed by atoms with Crippen molar-refractivity contribution in [3.8, 4) is 33.4 Å². The monoisotopic (exact) mass is 556 g/mol. The largest absolute Gasteiger partial charge is 0.0616 e. The molecule has 9 aromatic rings. The number of benzene rings is 9. The van der Waals surface area contributed by atoms with Crippen LogP contribution in [0.15, 0.2) is 170 Å². The summed E-state index contributed by atoms with van der Waals surface area (Å²) in [4.78, 5) is 0. The fraction of sp³-hybridized carbons (Fsp3) is 0. The summed E-state index contributed by atoms with van der Waals surface area (Å²) >= 11 is 0. The number of rotatable bonds is 3. The van der Waals surface area contributed by atoms with Crippen LogP contribution in [-0.2, 0) is 0 Å². The van der Waals surface area contributed by atoms with Crippen molar-refractivity contribution in [1.82, 2.24) is 0 Å². The lowest BCUT2D eigenvalue weighted by Crippen LogP contribution is -1.94. The van der Waals surface area contributed by atoms with Crippen LogP contribution in [0.1, 0.15) is 0 Å². The maximum absolute atomic E-state index is 2.35. The second-order valence-corrected chi connectivity index (χ2v) is 11.6. The van der Waals surface area contributed by atoms with Gasteiger partial charge in [0.1, 0.15) is 0 Å². The fourth-order valence-electron chi connectivity index (χ4n) is 7.28. The minimum Gasteiger partial charge on any atom is -0.0616 e. The highest BCUT2D eigenvalue weighted by Gasteiger charge is 2.21. The topological polar surface area (TPSA) is 0 Å². The zero-order chi connectivity index (χ0) is 29.0. The summed E-state index contributed by atoms with van der Waals surface area (Å²) in [5.41, 5.74) is 7.63. The molecule has 0 radical (unpaired) electrons. The molecule has 204 valence electrons. The molecule has 0 atom stereocenters. The first-order valence-corrected chi connectivity index (χ1v) is 15.3. The van der Waals surface area contributed by atoms with E-state index in [-0.39, 0.29) is 0 Å². The molecule has 0 aliphatic heterocycles. The van der Waals surface area contributed by atoms with Crippen molar-refractivity contribution >= 4 is 53.9 Å². The molecule has 0 N–H and O–H groups in total. The minimum atomic E-state index is 1.25. The van der Waals surface area contributed by atoms with E-state index in [2.05, 4.69) is 170 Å². The number of hydrogen-bond donors (Lipinski definition) is 0. The van der Waals surface area contributed by atoms with Gasteiger partial charge in [0.05, 0.1) is 0 Å². The van der Waals surface area contributed by atoms with Crippen LogP contribution in [0.5, 0.6) is 0 Å². The van der Waals surface area contributed by atoms with Crippen molar-refractivity contribution in [2.45, 2.75) is 0 Å². The lowest BCUT2D eigenvalue weighted by atomic mass is 9.81. The Kier molecular flexibility index (Phi) is 5.61. The quantitative estimate of drug-likeness (QED) is 0.190. The first-order chi connectivity index (χ1) is 21.8. The van der Waals surface area contributed by atoms with Crippen LogP contribution >= 0.6 is 0 Å². The van der Waals surface area contributed by atoms with E-state index < -0.39 is 0 Å². The second kappa shape index (κ2) is 9.93. The molecule has 0 aliphatic rings. The summed E-state index contributed by atoms with van der Waals surface area (Å²) < 4.78 is 0. The van der Waals surface area contributed by atoms with Crippen molar-refractivity contribution < 1.29 is 0 Å². The molecule has 0 aliphatic carbocycles. The van der Waals surface area contributed by atoms with E-state index in [4.69, 9.17) is 0 Å². The van der Waals surface area contributed by atoms with E-state index in [1.165, 1.54) is 87.2 Å². The van der Waals surface area contributed by atoms with Crippen molar-refractivity contribution in [2.24, 2.45) is 0 Å². The van der Waals surface area contributed by atoms with Gasteiger partial charge in [0.2, 0.25) is 0 Å². The first kappa shape index (κ1) is 24.8. The average molecular weight is 557 g/mol. The fourth-order valence-corrected chi connectivity index (χ4v) is 7.28. The Bertz CT molecular complexity index is 2490. The zero-order valence-corrected chi connectivity index (χ0v) is 24.2. The molecule has 0 heteroatoms. The molecule has 44 heavy (non-hydrogen) atoms. The Labute approximate surface area is 256 Å². The summed E-state index contributed by atoms with van der Waals surface area (Å²) in [5, 5.41) is 12.6. The third-order valence-corrected chi connectivity index (χ3v) is 9.23. The van der Waals surface area contributed by atoms with Gasteiger partial charge in [-0.15, -0.1) is 0 Å². The van der Waals surface area contributed by atoms with E-state index in [1.54, 1.807) is 0 Å². The van der Waals surface area contributed by atoms with Crippen LogP contribution in [0.2, 0.25) is 0 Å². The van der Waals surface area contributed by atoms with Gasteiger partial charge in [0.25, 0.3) is 0 Å². The number of hydrogen-bond acceptors (Lipinski definition) is 0. The summed E-state index contributed by atoms with van der Waals surface area (Å²) in [5.74, 6) is 0. The van der Waals surface area contributed by atoms with Crippen LogP contribution in [0.25, 0.3) is 87.2 Å². The van der Waals surface area contributed by atoms with Crippen LogP contribution in [0.3, 0.4) is 0 Å². The van der Waals surface area contributed by atoms with Gasteiger partial charge in [0, 0.05) is 0 Å². The highest BCUT2D eigenvalue weighted by molar-refractivity contribution is 6.26. The molecule has 0 nitrogen and oxygen atoms in total. The third-order valence-electron chi connectivity index (χ3n) is 9.23. The molecule has 0 saturated carbocycles. The summed E-state index contributed by atoms with van der Waals surface area (Å²) in [6.45, 7) is 0. The smallest absolute Gasteiger partial charge is 0.00139 e. The maximum Gasteiger partial charge on any atom is -0.00139 e. The van der Waals surface area contributed by atoms with Gasteiger partial charge >= 0.3 is 0 Å². The van der Waals surface area contributed by atoms with Crippen molar-refractivity contribution in [3.05, 3.63) is 170 Å². The molecule has 0 aromatic heterocycles. The Balaban J connectivity index is 1.46. The van der Waals surface area contributed by atoms with Gasteiger partial charge < -0.3 is 0 Å². The molecule has 0 bridgehead atoms. The van der Waals surface area contributed by atoms with Crippen LogP contribution < -0.4 is 0 Å². The molecular formula is C44H28. The Morgan fingerprint density at radius 2 is 0.705 bits per heavy atom. The van der Waals surface area contributed by atoms with Gasteiger partial charge in [-0.2, -0.15) is 0 Å². The Morgan fingerprint density at radius 1 is 0.227 bits per heavy atom. The minimum absolute atomic E-state index is 1.25. The third kappa shape index (κ3) is 3.78. The molecule has 0 unspecified atom stereocenters. The van der Waals surface area contributed by atoms with Gasteiger partial charge in [-0.05, 0) is 93.3 Å². The predicted molar refractivity (Wildman–Crippen MR) is 190 cm³/mol. The number of fused-ring (bicyclic) bond motifs is 5. The average Bonchev–Trinajstić information content (AvgIpc) is 3.10. The van der Waals surface area contributed by atoms with Crippen molar-refractivity contribution in [2.75, 3.05) is 0 Å².